The molecule has 0 bridgehead atoms. The fraction of sp³-hybridized carbons (Fsp3) is 0.821. The quantitative estimate of drug-likeness (QED) is 0.0267. The van der Waals surface area contributed by atoms with Crippen LogP contribution in [0.15, 0.2) is 36.5 Å². The van der Waals surface area contributed by atoms with Crippen LogP contribution in [0.2, 0.25) is 0 Å². The standard InChI is InChI=1S/C39H75N2O6P/c1-6-8-10-12-14-15-16-17-18-19-20-21-22-23-24-25-26-27-28-30-32-38(42)37(40-39(43)33-31-29-13-11-9-7-2)36-47-48(44,45)46-35-34-41(3,4)5/h21-22,25-26,30,32,37-38,42H,6-20,23-24,27-29,31,33-36H2,1-5H3,(H-,40,43,44,45)/p+1/b22-21+,26-25+,32-30+. The van der Waals surface area contributed by atoms with E-state index in [1.165, 1.54) is 89.9 Å². The van der Waals surface area contributed by atoms with Gasteiger partial charge in [-0.3, -0.25) is 13.8 Å². The van der Waals surface area contributed by atoms with E-state index in [0.717, 1.165) is 44.9 Å². The van der Waals surface area contributed by atoms with E-state index in [9.17, 15) is 19.4 Å². The molecule has 0 rings (SSSR count). The largest absolute Gasteiger partial charge is 0.472 e. The summed E-state index contributed by atoms with van der Waals surface area (Å²) < 4.78 is 23.3. The number of aliphatic hydroxyl groups is 1. The minimum Gasteiger partial charge on any atom is -0.387 e. The Bertz CT molecular complexity index is 886. The highest BCUT2D eigenvalue weighted by Gasteiger charge is 2.27. The lowest BCUT2D eigenvalue weighted by atomic mass is 10.1. The zero-order valence-corrected chi connectivity index (χ0v) is 32.6. The molecule has 8 nitrogen and oxygen atoms in total. The maximum Gasteiger partial charge on any atom is 0.472 e. The molecular weight excluding hydrogens is 623 g/mol. The van der Waals surface area contributed by atoms with Gasteiger partial charge in [0.05, 0.1) is 39.9 Å². The maximum atomic E-state index is 12.6. The molecule has 0 saturated carbocycles. The van der Waals surface area contributed by atoms with Gasteiger partial charge in [0.15, 0.2) is 0 Å². The summed E-state index contributed by atoms with van der Waals surface area (Å²) in [6, 6.07) is -0.862. The summed E-state index contributed by atoms with van der Waals surface area (Å²) in [4.78, 5) is 22.8. The van der Waals surface area contributed by atoms with E-state index < -0.39 is 20.0 Å². The third-order valence-electron chi connectivity index (χ3n) is 8.34. The van der Waals surface area contributed by atoms with Gasteiger partial charge in [-0.15, -0.1) is 0 Å². The molecule has 3 N–H and O–H groups in total. The van der Waals surface area contributed by atoms with Crippen LogP contribution in [0.25, 0.3) is 0 Å². The third kappa shape index (κ3) is 33.2. The molecule has 0 aliphatic carbocycles. The Kier molecular flexibility index (Phi) is 30.8. The Morgan fingerprint density at radius 3 is 1.67 bits per heavy atom. The lowest BCUT2D eigenvalue weighted by Gasteiger charge is -2.25. The number of hydrogen-bond donors (Lipinski definition) is 3. The molecular formula is C39H76N2O6P+. The number of nitrogens with zero attached hydrogens (tertiary/aromatic N) is 1. The molecule has 0 aromatic heterocycles. The Labute approximate surface area is 296 Å². The number of nitrogens with one attached hydrogen (secondary N) is 1. The summed E-state index contributed by atoms with van der Waals surface area (Å²) in [6.45, 7) is 4.69. The molecule has 9 heteroatoms. The maximum absolute atomic E-state index is 12.6. The van der Waals surface area contributed by atoms with Gasteiger partial charge in [-0.2, -0.15) is 0 Å². The van der Waals surface area contributed by atoms with Gasteiger partial charge >= 0.3 is 7.82 Å². The predicted molar refractivity (Wildman–Crippen MR) is 203 cm³/mol. The van der Waals surface area contributed by atoms with Crippen LogP contribution < -0.4 is 5.32 Å². The number of quaternary nitrogens is 1. The summed E-state index contributed by atoms with van der Waals surface area (Å²) >= 11 is 0. The lowest BCUT2D eigenvalue weighted by Crippen LogP contribution is -2.45. The number of carbonyl (C=O) groups excluding carboxylic acids is 1. The number of rotatable bonds is 34. The van der Waals surface area contributed by atoms with Gasteiger partial charge in [-0.1, -0.05) is 140 Å². The summed E-state index contributed by atoms with van der Waals surface area (Å²) in [7, 11) is 1.54. The van der Waals surface area contributed by atoms with Crippen LogP contribution in [0.4, 0.5) is 0 Å². The molecule has 0 aromatic rings. The van der Waals surface area contributed by atoms with Crippen LogP contribution in [0.5, 0.6) is 0 Å². The van der Waals surface area contributed by atoms with Crippen molar-refractivity contribution in [2.45, 2.75) is 167 Å². The van der Waals surface area contributed by atoms with E-state index >= 15 is 0 Å². The monoisotopic (exact) mass is 700 g/mol. The van der Waals surface area contributed by atoms with E-state index in [0.29, 0.717) is 17.4 Å². The molecule has 0 heterocycles. The topological polar surface area (TPSA) is 105 Å². The number of amides is 1. The molecule has 0 aliphatic rings. The number of hydrogen-bond acceptors (Lipinski definition) is 5. The van der Waals surface area contributed by atoms with Crippen molar-refractivity contribution in [3.63, 3.8) is 0 Å². The van der Waals surface area contributed by atoms with Gasteiger partial charge in [0.25, 0.3) is 0 Å². The first kappa shape index (κ1) is 46.7. The number of aliphatic hydroxyl groups excluding tert-OH is 1. The molecule has 282 valence electrons. The number of carbonyl (C=O) groups is 1. The average Bonchev–Trinajstić information content (AvgIpc) is 3.02. The van der Waals surface area contributed by atoms with Crippen molar-refractivity contribution < 1.29 is 32.9 Å². The van der Waals surface area contributed by atoms with E-state index in [-0.39, 0.29) is 19.1 Å². The summed E-state index contributed by atoms with van der Waals surface area (Å²) in [5.74, 6) is -0.203. The van der Waals surface area contributed by atoms with Gasteiger partial charge in [0.1, 0.15) is 13.2 Å². The second-order valence-electron chi connectivity index (χ2n) is 14.3. The van der Waals surface area contributed by atoms with Crippen molar-refractivity contribution in [3.05, 3.63) is 36.5 Å². The van der Waals surface area contributed by atoms with Gasteiger partial charge in [0.2, 0.25) is 5.91 Å². The first-order valence-corrected chi connectivity index (χ1v) is 20.9. The number of phosphoric ester groups is 1. The van der Waals surface area contributed by atoms with Gasteiger partial charge in [0, 0.05) is 6.42 Å². The smallest absolute Gasteiger partial charge is 0.387 e. The molecule has 3 atom stereocenters. The van der Waals surface area contributed by atoms with Crippen molar-refractivity contribution in [1.29, 1.82) is 0 Å². The first-order chi connectivity index (χ1) is 23.0. The zero-order chi connectivity index (χ0) is 35.8. The van der Waals surface area contributed by atoms with Gasteiger partial charge in [-0.25, -0.2) is 4.57 Å². The molecule has 0 fully saturated rings. The van der Waals surface area contributed by atoms with E-state index in [1.807, 2.05) is 27.2 Å². The highest BCUT2D eigenvalue weighted by atomic mass is 31.2. The highest BCUT2D eigenvalue weighted by molar-refractivity contribution is 7.47. The Hall–Kier alpha value is -1.28. The normalized spacial score (nSPS) is 15.1. The second-order valence-corrected chi connectivity index (χ2v) is 15.7. The zero-order valence-electron chi connectivity index (χ0n) is 31.7. The van der Waals surface area contributed by atoms with Crippen LogP contribution >= 0.6 is 7.82 Å². The lowest BCUT2D eigenvalue weighted by molar-refractivity contribution is -0.870. The van der Waals surface area contributed by atoms with Crippen molar-refractivity contribution >= 4 is 13.7 Å². The number of phosphoric acid groups is 1. The van der Waals surface area contributed by atoms with Crippen molar-refractivity contribution in [2.24, 2.45) is 0 Å². The molecule has 0 radical (unpaired) electrons. The van der Waals surface area contributed by atoms with Crippen LogP contribution in [0.3, 0.4) is 0 Å². The van der Waals surface area contributed by atoms with Crippen LogP contribution in [0, 0.1) is 0 Å². The molecule has 1 amide bonds. The van der Waals surface area contributed by atoms with Gasteiger partial charge in [-0.05, 0) is 44.9 Å². The number of unbranched alkanes of at least 4 members (excludes halogenated alkanes) is 17. The number of likely N-dealkylation sites (N-methyl/N-ethyl adjacent to an activating group) is 1. The summed E-state index contributed by atoms with van der Waals surface area (Å²) in [5, 5.41) is 13.6. The second kappa shape index (κ2) is 31.7. The fourth-order valence-electron chi connectivity index (χ4n) is 5.19. The molecule has 48 heavy (non-hydrogen) atoms. The van der Waals surface area contributed by atoms with Crippen LogP contribution in [0.1, 0.15) is 155 Å². The van der Waals surface area contributed by atoms with Crippen molar-refractivity contribution in [2.75, 3.05) is 40.9 Å². The van der Waals surface area contributed by atoms with Crippen molar-refractivity contribution in [3.8, 4) is 0 Å². The number of allylic oxidation sites excluding steroid dienone is 5. The average molecular weight is 700 g/mol. The SMILES string of the molecule is CCCCCCCCCCCC/C=C/CC/C=C/CC/C=C/C(O)C(COP(=O)(O)OCC[N+](C)(C)C)NC(=O)CCCCCCCC. The first-order valence-electron chi connectivity index (χ1n) is 19.4. The highest BCUT2D eigenvalue weighted by Crippen LogP contribution is 2.43. The van der Waals surface area contributed by atoms with E-state index in [1.54, 1.807) is 6.08 Å². The Balaban J connectivity index is 4.44. The minimum absolute atomic E-state index is 0.0536. The summed E-state index contributed by atoms with van der Waals surface area (Å²) in [5.41, 5.74) is 0. The van der Waals surface area contributed by atoms with Crippen LogP contribution in [-0.2, 0) is 18.4 Å². The predicted octanol–water partition coefficient (Wildman–Crippen LogP) is 9.96. The molecule has 3 unspecified atom stereocenters. The van der Waals surface area contributed by atoms with E-state index in [4.69, 9.17) is 9.05 Å². The Morgan fingerprint density at radius 2 is 1.15 bits per heavy atom. The molecule has 0 aromatic carbocycles. The fourth-order valence-corrected chi connectivity index (χ4v) is 5.92. The summed E-state index contributed by atoms with van der Waals surface area (Å²) in [6.07, 6.45) is 36.7. The van der Waals surface area contributed by atoms with Crippen molar-refractivity contribution in [1.82, 2.24) is 5.32 Å². The van der Waals surface area contributed by atoms with Crippen LogP contribution in [-0.4, -0.2) is 73.4 Å². The third-order valence-corrected chi connectivity index (χ3v) is 9.32. The Morgan fingerprint density at radius 1 is 0.688 bits per heavy atom. The molecule has 0 saturated heterocycles. The van der Waals surface area contributed by atoms with Gasteiger partial charge < -0.3 is 19.8 Å². The van der Waals surface area contributed by atoms with E-state index in [2.05, 4.69) is 43.5 Å². The minimum atomic E-state index is -4.33. The molecule has 0 aliphatic heterocycles. The molecule has 0 spiro atoms.